The van der Waals surface area contributed by atoms with Crippen LogP contribution in [0.4, 0.5) is 13.2 Å². The first-order chi connectivity index (χ1) is 11.4. The van der Waals surface area contributed by atoms with Gasteiger partial charge in [-0.25, -0.2) is 0 Å². The van der Waals surface area contributed by atoms with E-state index < -0.39 is 6.36 Å². The second-order valence-electron chi connectivity index (χ2n) is 4.38. The summed E-state index contributed by atoms with van der Waals surface area (Å²) in [5, 5.41) is 0. The topological polar surface area (TPSA) is 27.7 Å². The number of hydrogen-bond donors (Lipinski definition) is 0. The van der Waals surface area contributed by atoms with Gasteiger partial charge in [0.05, 0.1) is 6.61 Å². The Morgan fingerprint density at radius 1 is 0.958 bits per heavy atom. The van der Waals surface area contributed by atoms with Crippen LogP contribution in [0.25, 0.3) is 0 Å². The van der Waals surface area contributed by atoms with E-state index in [0.717, 1.165) is 4.90 Å². The molecule has 24 heavy (non-hydrogen) atoms. The van der Waals surface area contributed by atoms with Crippen LogP contribution in [0.2, 0.25) is 0 Å². The van der Waals surface area contributed by atoms with Gasteiger partial charge < -0.3 is 14.2 Å². The molecular weight excluding hydrogens is 361 g/mol. The van der Waals surface area contributed by atoms with Gasteiger partial charge in [0, 0.05) is 4.90 Å². The summed E-state index contributed by atoms with van der Waals surface area (Å²) >= 11 is 6.36. The van der Waals surface area contributed by atoms with Gasteiger partial charge in [-0.15, -0.1) is 13.2 Å². The molecule has 0 aliphatic carbocycles. The molecule has 0 aliphatic rings. The molecule has 3 nitrogen and oxygen atoms in total. The average molecular weight is 374 g/mol. The fourth-order valence-corrected chi connectivity index (χ4v) is 2.71. The number of rotatable bonds is 5. The van der Waals surface area contributed by atoms with Crippen molar-refractivity contribution in [3.05, 3.63) is 48.5 Å². The average Bonchev–Trinajstić information content (AvgIpc) is 2.50. The normalized spacial score (nSPS) is 11.0. The first-order valence-corrected chi connectivity index (χ1v) is 8.06. The summed E-state index contributed by atoms with van der Waals surface area (Å²) in [6, 6.07) is 12.3. The van der Waals surface area contributed by atoms with Crippen molar-refractivity contribution in [2.24, 2.45) is 0 Å². The van der Waals surface area contributed by atoms with Gasteiger partial charge >= 0.3 is 6.36 Å². The molecule has 0 heterocycles. The summed E-state index contributed by atoms with van der Waals surface area (Å²) in [7, 11) is 0. The Morgan fingerprint density at radius 3 is 1.96 bits per heavy atom. The number of thiocarbonyl (C=S) groups is 1. The summed E-state index contributed by atoms with van der Waals surface area (Å²) in [5.41, 5.74) is 0. The number of benzene rings is 2. The molecule has 2 aromatic rings. The SMILES string of the molecule is CCOC(=S)Sc1ccc(Oc2ccc(OC(F)(F)F)cc2)cc1. The van der Waals surface area contributed by atoms with Gasteiger partial charge in [0.25, 0.3) is 0 Å². The van der Waals surface area contributed by atoms with E-state index in [1.54, 1.807) is 12.1 Å². The van der Waals surface area contributed by atoms with Crippen molar-refractivity contribution in [2.45, 2.75) is 18.2 Å². The Bertz CT molecular complexity index is 670. The van der Waals surface area contributed by atoms with Crippen LogP contribution in [-0.2, 0) is 4.74 Å². The van der Waals surface area contributed by atoms with Crippen LogP contribution in [0.1, 0.15) is 6.92 Å². The van der Waals surface area contributed by atoms with E-state index in [1.807, 2.05) is 19.1 Å². The Labute approximate surface area is 146 Å². The molecule has 0 saturated heterocycles. The van der Waals surface area contributed by atoms with Gasteiger partial charge in [0.2, 0.25) is 4.38 Å². The molecule has 8 heteroatoms. The number of halogens is 3. The molecule has 0 radical (unpaired) electrons. The van der Waals surface area contributed by atoms with Crippen LogP contribution in [-0.4, -0.2) is 17.4 Å². The highest BCUT2D eigenvalue weighted by Crippen LogP contribution is 2.29. The third-order valence-electron chi connectivity index (χ3n) is 2.58. The first-order valence-electron chi connectivity index (χ1n) is 6.84. The molecule has 0 atom stereocenters. The lowest BCUT2D eigenvalue weighted by Crippen LogP contribution is -2.16. The van der Waals surface area contributed by atoms with Crippen molar-refractivity contribution in [3.63, 3.8) is 0 Å². The maximum absolute atomic E-state index is 12.1. The van der Waals surface area contributed by atoms with Crippen molar-refractivity contribution in [3.8, 4) is 17.2 Å². The van der Waals surface area contributed by atoms with E-state index in [2.05, 4.69) is 4.74 Å². The lowest BCUT2D eigenvalue weighted by Gasteiger charge is -2.10. The minimum atomic E-state index is -4.71. The molecular formula is C16H13F3O3S2. The second kappa shape index (κ2) is 8.25. The summed E-state index contributed by atoms with van der Waals surface area (Å²) in [5.74, 6) is 0.645. The van der Waals surface area contributed by atoms with E-state index in [4.69, 9.17) is 21.7 Å². The zero-order valence-corrected chi connectivity index (χ0v) is 14.1. The van der Waals surface area contributed by atoms with Crippen LogP contribution in [0.3, 0.4) is 0 Å². The van der Waals surface area contributed by atoms with Gasteiger partial charge in [-0.05, 0) is 79.4 Å². The standard InChI is InChI=1S/C16H13F3O3S2/c1-2-20-15(23)24-14-9-7-12(8-10-14)21-11-3-5-13(6-4-11)22-16(17,18)19/h3-10H,2H2,1H3. The quantitative estimate of drug-likeness (QED) is 0.488. The predicted octanol–water partition coefficient (Wildman–Crippen LogP) is 5.79. The van der Waals surface area contributed by atoms with E-state index >= 15 is 0 Å². The monoisotopic (exact) mass is 374 g/mol. The van der Waals surface area contributed by atoms with Crippen molar-refractivity contribution in [1.29, 1.82) is 0 Å². The maximum atomic E-state index is 12.1. The lowest BCUT2D eigenvalue weighted by molar-refractivity contribution is -0.274. The van der Waals surface area contributed by atoms with E-state index in [9.17, 15) is 13.2 Å². The van der Waals surface area contributed by atoms with Crippen molar-refractivity contribution >= 4 is 28.4 Å². The molecule has 0 spiro atoms. The minimum absolute atomic E-state index is 0.300. The third-order valence-corrected chi connectivity index (χ3v) is 3.74. The molecule has 128 valence electrons. The summed E-state index contributed by atoms with van der Waals surface area (Å²) in [4.78, 5) is 0.898. The second-order valence-corrected chi connectivity index (χ2v) is 6.05. The van der Waals surface area contributed by atoms with E-state index in [0.29, 0.717) is 22.5 Å². The largest absolute Gasteiger partial charge is 0.573 e. The van der Waals surface area contributed by atoms with Gasteiger partial charge in [-0.2, -0.15) is 0 Å². The zero-order valence-electron chi connectivity index (χ0n) is 12.5. The number of alkyl halides is 3. The molecule has 0 bridgehead atoms. The van der Waals surface area contributed by atoms with Crippen molar-refractivity contribution in [2.75, 3.05) is 6.61 Å². The van der Waals surface area contributed by atoms with Gasteiger partial charge in [-0.1, -0.05) is 0 Å². The number of ether oxygens (including phenoxy) is 3. The summed E-state index contributed by atoms with van der Waals surface area (Å²) in [6.07, 6.45) is -4.71. The molecule has 2 aromatic carbocycles. The van der Waals surface area contributed by atoms with Crippen molar-refractivity contribution < 1.29 is 27.4 Å². The van der Waals surface area contributed by atoms with Gasteiger partial charge in [0.15, 0.2) is 0 Å². The molecule has 0 amide bonds. The van der Waals surface area contributed by atoms with Crippen LogP contribution < -0.4 is 9.47 Å². The molecule has 2 rings (SSSR count). The highest BCUT2D eigenvalue weighted by molar-refractivity contribution is 8.22. The Hall–Kier alpha value is -1.93. The molecule has 0 aliphatic heterocycles. The molecule has 0 unspecified atom stereocenters. The van der Waals surface area contributed by atoms with Crippen molar-refractivity contribution in [1.82, 2.24) is 0 Å². The highest BCUT2D eigenvalue weighted by Gasteiger charge is 2.30. The van der Waals surface area contributed by atoms with Crippen LogP contribution in [0, 0.1) is 0 Å². The fourth-order valence-electron chi connectivity index (χ4n) is 1.66. The van der Waals surface area contributed by atoms with Crippen LogP contribution in [0.5, 0.6) is 17.2 Å². The minimum Gasteiger partial charge on any atom is -0.479 e. The summed E-state index contributed by atoms with van der Waals surface area (Å²) < 4.78 is 51.3. The molecule has 0 aromatic heterocycles. The van der Waals surface area contributed by atoms with E-state index in [-0.39, 0.29) is 5.75 Å². The zero-order chi connectivity index (χ0) is 17.6. The molecule has 0 saturated carbocycles. The number of hydrogen-bond acceptors (Lipinski definition) is 5. The third kappa shape index (κ3) is 6.29. The summed E-state index contributed by atoms with van der Waals surface area (Å²) in [6.45, 7) is 2.37. The van der Waals surface area contributed by atoms with Gasteiger partial charge in [-0.3, -0.25) is 0 Å². The Balaban J connectivity index is 1.95. The van der Waals surface area contributed by atoms with Gasteiger partial charge in [0.1, 0.15) is 17.2 Å². The molecule has 0 fully saturated rings. The van der Waals surface area contributed by atoms with Crippen LogP contribution >= 0.6 is 24.0 Å². The lowest BCUT2D eigenvalue weighted by atomic mass is 10.3. The first kappa shape index (κ1) is 18.4. The predicted molar refractivity (Wildman–Crippen MR) is 89.7 cm³/mol. The number of thioether (sulfide) groups is 1. The molecule has 0 N–H and O–H groups in total. The Morgan fingerprint density at radius 2 is 1.46 bits per heavy atom. The fraction of sp³-hybridized carbons (Fsp3) is 0.188. The highest BCUT2D eigenvalue weighted by atomic mass is 32.2. The van der Waals surface area contributed by atoms with E-state index in [1.165, 1.54) is 36.0 Å². The Kier molecular flexibility index (Phi) is 6.33. The smallest absolute Gasteiger partial charge is 0.479 e. The van der Waals surface area contributed by atoms with Crippen LogP contribution in [0.15, 0.2) is 53.4 Å². The maximum Gasteiger partial charge on any atom is 0.573 e.